The second kappa shape index (κ2) is 11.5. The van der Waals surface area contributed by atoms with E-state index in [0.29, 0.717) is 25.8 Å². The van der Waals surface area contributed by atoms with Gasteiger partial charge in [-0.05, 0) is 37.8 Å². The fourth-order valence-corrected chi connectivity index (χ4v) is 3.41. The molecule has 2 atom stereocenters. The first kappa shape index (κ1) is 21.1. The van der Waals surface area contributed by atoms with Crippen molar-refractivity contribution in [2.24, 2.45) is 0 Å². The third-order valence-corrected chi connectivity index (χ3v) is 4.85. The summed E-state index contributed by atoms with van der Waals surface area (Å²) in [7, 11) is 0. The standard InChI is InChI=1S/C21H30N2O4/c24-19(16-17-8-4-5-14-22-17)13-12-18-9-7-10-20(25)23(18)15-6-2-1-3-11-21(26)27/h4-5,8,12-14,18-19,24H,1-3,6-7,9-11,15-16H2,(H,26,27)/b13-12+/t18-,19?/m1/s1. The molecule has 0 saturated carbocycles. The molecule has 2 rings (SSSR count). The number of hydrogen-bond acceptors (Lipinski definition) is 4. The summed E-state index contributed by atoms with van der Waals surface area (Å²) in [5.41, 5.74) is 0.840. The minimum Gasteiger partial charge on any atom is -0.481 e. The van der Waals surface area contributed by atoms with E-state index in [4.69, 9.17) is 5.11 Å². The summed E-state index contributed by atoms with van der Waals surface area (Å²) in [5.74, 6) is -0.587. The molecule has 0 aromatic carbocycles. The largest absolute Gasteiger partial charge is 0.481 e. The number of carbonyl (C=O) groups excluding carboxylic acids is 1. The highest BCUT2D eigenvalue weighted by Crippen LogP contribution is 2.20. The predicted octanol–water partition coefficient (Wildman–Crippen LogP) is 2.96. The van der Waals surface area contributed by atoms with Gasteiger partial charge in [-0.1, -0.05) is 31.1 Å². The van der Waals surface area contributed by atoms with Gasteiger partial charge in [0.1, 0.15) is 0 Å². The number of aliphatic hydroxyl groups excluding tert-OH is 1. The maximum absolute atomic E-state index is 12.3. The van der Waals surface area contributed by atoms with Crippen LogP contribution in [-0.2, 0) is 16.0 Å². The Hall–Kier alpha value is -2.21. The molecule has 0 radical (unpaired) electrons. The zero-order valence-electron chi connectivity index (χ0n) is 15.8. The van der Waals surface area contributed by atoms with Gasteiger partial charge in [0, 0.05) is 37.7 Å². The molecule has 6 heteroatoms. The van der Waals surface area contributed by atoms with E-state index in [1.807, 2.05) is 29.2 Å². The molecule has 1 aromatic rings. The number of pyridine rings is 1. The van der Waals surface area contributed by atoms with Crippen LogP contribution in [-0.4, -0.2) is 50.7 Å². The van der Waals surface area contributed by atoms with Gasteiger partial charge in [0.15, 0.2) is 0 Å². The number of likely N-dealkylation sites (tertiary alicyclic amines) is 1. The number of aliphatic hydroxyl groups is 1. The van der Waals surface area contributed by atoms with Crippen LogP contribution in [0.3, 0.4) is 0 Å². The molecule has 1 amide bonds. The van der Waals surface area contributed by atoms with Crippen molar-refractivity contribution in [3.63, 3.8) is 0 Å². The van der Waals surface area contributed by atoms with Crippen molar-refractivity contribution in [3.05, 3.63) is 42.2 Å². The van der Waals surface area contributed by atoms with Crippen molar-refractivity contribution in [2.75, 3.05) is 6.54 Å². The molecular weight excluding hydrogens is 344 g/mol. The average molecular weight is 374 g/mol. The average Bonchev–Trinajstić information content (AvgIpc) is 2.65. The summed E-state index contributed by atoms with van der Waals surface area (Å²) in [4.78, 5) is 28.9. The number of hydrogen-bond donors (Lipinski definition) is 2. The maximum Gasteiger partial charge on any atom is 0.303 e. The molecule has 1 saturated heterocycles. The fraction of sp³-hybridized carbons (Fsp3) is 0.571. The Balaban J connectivity index is 1.79. The zero-order valence-corrected chi connectivity index (χ0v) is 15.8. The van der Waals surface area contributed by atoms with Gasteiger partial charge >= 0.3 is 5.97 Å². The first-order valence-corrected chi connectivity index (χ1v) is 9.84. The second-order valence-corrected chi connectivity index (χ2v) is 7.08. The van der Waals surface area contributed by atoms with Crippen molar-refractivity contribution in [1.29, 1.82) is 0 Å². The van der Waals surface area contributed by atoms with Gasteiger partial charge in [-0.2, -0.15) is 0 Å². The van der Waals surface area contributed by atoms with Crippen molar-refractivity contribution in [3.8, 4) is 0 Å². The van der Waals surface area contributed by atoms with E-state index in [2.05, 4.69) is 4.98 Å². The fourth-order valence-electron chi connectivity index (χ4n) is 3.41. The van der Waals surface area contributed by atoms with E-state index in [1.165, 1.54) is 0 Å². The number of rotatable bonds is 11. The summed E-state index contributed by atoms with van der Waals surface area (Å²) in [6.07, 6.45) is 11.2. The van der Waals surface area contributed by atoms with Crippen LogP contribution in [0, 0.1) is 0 Å². The highest BCUT2D eigenvalue weighted by molar-refractivity contribution is 5.77. The molecule has 0 aliphatic carbocycles. The number of carbonyl (C=O) groups is 2. The molecule has 0 bridgehead atoms. The number of nitrogens with zero attached hydrogens (tertiary/aromatic N) is 2. The first-order valence-electron chi connectivity index (χ1n) is 9.84. The van der Waals surface area contributed by atoms with E-state index >= 15 is 0 Å². The Bertz CT molecular complexity index is 618. The van der Waals surface area contributed by atoms with Crippen LogP contribution < -0.4 is 0 Å². The highest BCUT2D eigenvalue weighted by atomic mass is 16.4. The smallest absolute Gasteiger partial charge is 0.303 e. The maximum atomic E-state index is 12.3. The Morgan fingerprint density at radius 3 is 2.85 bits per heavy atom. The Morgan fingerprint density at radius 1 is 1.30 bits per heavy atom. The number of amides is 1. The van der Waals surface area contributed by atoms with Gasteiger partial charge < -0.3 is 15.1 Å². The number of piperidine rings is 1. The molecular formula is C21H30N2O4. The van der Waals surface area contributed by atoms with Crippen molar-refractivity contribution < 1.29 is 19.8 Å². The van der Waals surface area contributed by atoms with E-state index in [0.717, 1.165) is 37.8 Å². The van der Waals surface area contributed by atoms with Gasteiger partial charge in [0.2, 0.25) is 5.91 Å². The molecule has 27 heavy (non-hydrogen) atoms. The van der Waals surface area contributed by atoms with Gasteiger partial charge in [-0.3, -0.25) is 14.6 Å². The number of carboxylic acid groups (broad SMARTS) is 1. The molecule has 2 N–H and O–H groups in total. The Kier molecular flexibility index (Phi) is 8.98. The molecule has 6 nitrogen and oxygen atoms in total. The molecule has 2 heterocycles. The number of unbranched alkanes of at least 4 members (excludes halogenated alkanes) is 3. The van der Waals surface area contributed by atoms with Crippen LogP contribution in [0.25, 0.3) is 0 Å². The minimum absolute atomic E-state index is 0.0312. The Labute approximate surface area is 160 Å². The summed E-state index contributed by atoms with van der Waals surface area (Å²) in [6, 6.07) is 5.66. The normalized spacial score (nSPS) is 18.8. The zero-order chi connectivity index (χ0) is 19.5. The van der Waals surface area contributed by atoms with Gasteiger partial charge in [0.05, 0.1) is 12.1 Å². The number of aromatic nitrogens is 1. The third-order valence-electron chi connectivity index (χ3n) is 4.85. The summed E-state index contributed by atoms with van der Waals surface area (Å²) in [5, 5.41) is 18.9. The molecule has 1 unspecified atom stereocenters. The molecule has 1 aliphatic rings. The quantitative estimate of drug-likeness (QED) is 0.459. The second-order valence-electron chi connectivity index (χ2n) is 7.08. The van der Waals surface area contributed by atoms with Crippen LogP contribution >= 0.6 is 0 Å². The lowest BCUT2D eigenvalue weighted by Gasteiger charge is -2.34. The van der Waals surface area contributed by atoms with Crippen LogP contribution in [0.1, 0.15) is 57.1 Å². The molecule has 148 valence electrons. The van der Waals surface area contributed by atoms with Crippen molar-refractivity contribution in [2.45, 2.75) is 69.9 Å². The monoisotopic (exact) mass is 374 g/mol. The molecule has 1 aromatic heterocycles. The van der Waals surface area contributed by atoms with Gasteiger partial charge in [0.25, 0.3) is 0 Å². The van der Waals surface area contributed by atoms with Crippen LogP contribution in [0.15, 0.2) is 36.5 Å². The van der Waals surface area contributed by atoms with Crippen LogP contribution in [0.5, 0.6) is 0 Å². The highest BCUT2D eigenvalue weighted by Gasteiger charge is 2.25. The van der Waals surface area contributed by atoms with E-state index in [9.17, 15) is 14.7 Å². The SMILES string of the molecule is O=C(O)CCCCCCN1C(=O)CCC[C@@H]1/C=C/C(O)Cc1ccccn1. The Morgan fingerprint density at radius 2 is 2.11 bits per heavy atom. The molecule has 0 spiro atoms. The molecule has 1 fully saturated rings. The van der Waals surface area contributed by atoms with E-state index in [-0.39, 0.29) is 18.4 Å². The predicted molar refractivity (Wildman–Crippen MR) is 103 cm³/mol. The van der Waals surface area contributed by atoms with E-state index < -0.39 is 12.1 Å². The van der Waals surface area contributed by atoms with Gasteiger partial charge in [-0.15, -0.1) is 0 Å². The lowest BCUT2D eigenvalue weighted by molar-refractivity contribution is -0.137. The first-order chi connectivity index (χ1) is 13.1. The van der Waals surface area contributed by atoms with Gasteiger partial charge in [-0.25, -0.2) is 0 Å². The van der Waals surface area contributed by atoms with Crippen molar-refractivity contribution in [1.82, 2.24) is 9.88 Å². The summed E-state index contributed by atoms with van der Waals surface area (Å²) < 4.78 is 0. The summed E-state index contributed by atoms with van der Waals surface area (Å²) in [6.45, 7) is 0.692. The molecule has 1 aliphatic heterocycles. The lowest BCUT2D eigenvalue weighted by atomic mass is 9.99. The topological polar surface area (TPSA) is 90.7 Å². The van der Waals surface area contributed by atoms with Crippen LogP contribution in [0.2, 0.25) is 0 Å². The lowest BCUT2D eigenvalue weighted by Crippen LogP contribution is -2.43. The number of carboxylic acids is 1. The van der Waals surface area contributed by atoms with Crippen LogP contribution in [0.4, 0.5) is 0 Å². The number of aliphatic carboxylic acids is 1. The van der Waals surface area contributed by atoms with E-state index in [1.54, 1.807) is 12.3 Å². The minimum atomic E-state index is -0.754. The summed E-state index contributed by atoms with van der Waals surface area (Å²) >= 11 is 0. The third kappa shape index (κ3) is 7.91. The van der Waals surface area contributed by atoms with Crippen molar-refractivity contribution >= 4 is 11.9 Å².